The number of benzene rings is 1. The molecule has 0 amide bonds. The summed E-state index contributed by atoms with van der Waals surface area (Å²) in [5, 5.41) is 4.12. The van der Waals surface area contributed by atoms with Gasteiger partial charge in [-0.05, 0) is 24.6 Å². The molecule has 1 heterocycles. The minimum Gasteiger partial charge on any atom is -0.298 e. The highest BCUT2D eigenvalue weighted by Crippen LogP contribution is 2.15. The van der Waals surface area contributed by atoms with Gasteiger partial charge in [0.2, 0.25) is 0 Å². The van der Waals surface area contributed by atoms with Crippen molar-refractivity contribution in [3.63, 3.8) is 0 Å². The average molecular weight is 186 g/mol. The molecule has 14 heavy (non-hydrogen) atoms. The van der Waals surface area contributed by atoms with Crippen molar-refractivity contribution in [2.75, 3.05) is 0 Å². The molecule has 0 N–H and O–H groups in total. The monoisotopic (exact) mass is 186 g/mol. The third-order valence-electron chi connectivity index (χ3n) is 2.23. The Morgan fingerprint density at radius 2 is 2.21 bits per heavy atom. The van der Waals surface area contributed by atoms with E-state index in [9.17, 15) is 4.79 Å². The number of hydrogen-bond donors (Lipinski definition) is 0. The van der Waals surface area contributed by atoms with E-state index in [4.69, 9.17) is 0 Å². The molecule has 3 heteroatoms. The van der Waals surface area contributed by atoms with Gasteiger partial charge in [-0.25, -0.2) is 4.68 Å². The standard InChI is InChI=1S/C11H10N2O/c1-9-10(8-14)4-2-5-11(9)13-7-3-6-12-13/h2-8H,1H3. The Balaban J connectivity index is 2.60. The SMILES string of the molecule is Cc1c(C=O)cccc1-n1cccn1. The molecule has 70 valence electrons. The normalized spacial score (nSPS) is 10.1. The van der Waals surface area contributed by atoms with Gasteiger partial charge in [0.25, 0.3) is 0 Å². The molecule has 1 aromatic heterocycles. The second-order valence-corrected chi connectivity index (χ2v) is 3.06. The Hall–Kier alpha value is -1.90. The van der Waals surface area contributed by atoms with Crippen molar-refractivity contribution in [3.05, 3.63) is 47.8 Å². The van der Waals surface area contributed by atoms with Gasteiger partial charge in [-0.15, -0.1) is 0 Å². The second kappa shape index (κ2) is 3.46. The number of aromatic nitrogens is 2. The topological polar surface area (TPSA) is 34.9 Å². The van der Waals surface area contributed by atoms with Crippen molar-refractivity contribution in [1.82, 2.24) is 9.78 Å². The first-order valence-corrected chi connectivity index (χ1v) is 4.38. The highest BCUT2D eigenvalue weighted by molar-refractivity contribution is 5.78. The van der Waals surface area contributed by atoms with E-state index >= 15 is 0 Å². The van der Waals surface area contributed by atoms with Crippen LogP contribution in [0.1, 0.15) is 15.9 Å². The summed E-state index contributed by atoms with van der Waals surface area (Å²) in [7, 11) is 0. The quantitative estimate of drug-likeness (QED) is 0.672. The Morgan fingerprint density at radius 1 is 1.36 bits per heavy atom. The molecule has 1 aromatic carbocycles. The van der Waals surface area contributed by atoms with Crippen LogP contribution in [0.5, 0.6) is 0 Å². The molecule has 0 radical (unpaired) electrons. The van der Waals surface area contributed by atoms with E-state index in [-0.39, 0.29) is 0 Å². The number of rotatable bonds is 2. The lowest BCUT2D eigenvalue weighted by molar-refractivity contribution is 0.112. The van der Waals surface area contributed by atoms with E-state index in [0.29, 0.717) is 5.56 Å². The van der Waals surface area contributed by atoms with Crippen LogP contribution in [0.25, 0.3) is 5.69 Å². The zero-order valence-electron chi connectivity index (χ0n) is 7.84. The number of carbonyl (C=O) groups is 1. The molecule has 3 nitrogen and oxygen atoms in total. The van der Waals surface area contributed by atoms with Crippen LogP contribution in [-0.4, -0.2) is 16.1 Å². The molecule has 0 fully saturated rings. The fourth-order valence-corrected chi connectivity index (χ4v) is 1.43. The molecule has 0 spiro atoms. The largest absolute Gasteiger partial charge is 0.298 e. The van der Waals surface area contributed by atoms with E-state index in [1.54, 1.807) is 16.9 Å². The minimum absolute atomic E-state index is 0.706. The highest BCUT2D eigenvalue weighted by Gasteiger charge is 2.04. The Bertz CT molecular complexity index is 446. The number of hydrogen-bond acceptors (Lipinski definition) is 2. The van der Waals surface area contributed by atoms with Crippen LogP contribution in [0.2, 0.25) is 0 Å². The van der Waals surface area contributed by atoms with Crippen LogP contribution in [0, 0.1) is 6.92 Å². The summed E-state index contributed by atoms with van der Waals surface area (Å²) < 4.78 is 1.75. The number of nitrogens with zero attached hydrogens (tertiary/aromatic N) is 2. The Morgan fingerprint density at radius 3 is 2.86 bits per heavy atom. The molecule has 2 rings (SSSR count). The Kier molecular flexibility index (Phi) is 2.14. The molecule has 0 saturated heterocycles. The molecular formula is C11H10N2O. The molecule has 0 unspecified atom stereocenters. The maximum absolute atomic E-state index is 10.7. The smallest absolute Gasteiger partial charge is 0.150 e. The summed E-state index contributed by atoms with van der Waals surface area (Å²) in [6, 6.07) is 7.45. The van der Waals surface area contributed by atoms with Crippen LogP contribution in [0.3, 0.4) is 0 Å². The van der Waals surface area contributed by atoms with Crippen molar-refractivity contribution in [2.24, 2.45) is 0 Å². The van der Waals surface area contributed by atoms with Crippen LogP contribution in [0.15, 0.2) is 36.7 Å². The number of aldehydes is 1. The van der Waals surface area contributed by atoms with Crippen molar-refractivity contribution in [2.45, 2.75) is 6.92 Å². The van der Waals surface area contributed by atoms with Gasteiger partial charge in [0.05, 0.1) is 5.69 Å². The molecule has 0 aliphatic carbocycles. The molecule has 0 bridgehead atoms. The van der Waals surface area contributed by atoms with Crippen molar-refractivity contribution in [3.8, 4) is 5.69 Å². The lowest BCUT2D eigenvalue weighted by Crippen LogP contribution is -1.99. The first-order chi connectivity index (χ1) is 6.83. The van der Waals surface area contributed by atoms with Crippen molar-refractivity contribution >= 4 is 6.29 Å². The zero-order chi connectivity index (χ0) is 9.97. The van der Waals surface area contributed by atoms with Crippen LogP contribution >= 0.6 is 0 Å². The van der Waals surface area contributed by atoms with Crippen LogP contribution < -0.4 is 0 Å². The zero-order valence-corrected chi connectivity index (χ0v) is 7.84. The van der Waals surface area contributed by atoms with Gasteiger partial charge in [-0.1, -0.05) is 12.1 Å². The molecular weight excluding hydrogens is 176 g/mol. The van der Waals surface area contributed by atoms with Gasteiger partial charge < -0.3 is 0 Å². The lowest BCUT2D eigenvalue weighted by Gasteiger charge is -2.06. The first-order valence-electron chi connectivity index (χ1n) is 4.38. The number of carbonyl (C=O) groups excluding carboxylic acids is 1. The van der Waals surface area contributed by atoms with E-state index in [2.05, 4.69) is 5.10 Å². The first kappa shape index (κ1) is 8.69. The fraction of sp³-hybridized carbons (Fsp3) is 0.0909. The fourth-order valence-electron chi connectivity index (χ4n) is 1.43. The summed E-state index contributed by atoms with van der Waals surface area (Å²) in [6.07, 6.45) is 4.44. The Labute approximate surface area is 82.0 Å². The van der Waals surface area contributed by atoms with Crippen molar-refractivity contribution < 1.29 is 4.79 Å². The second-order valence-electron chi connectivity index (χ2n) is 3.06. The van der Waals surface area contributed by atoms with Crippen molar-refractivity contribution in [1.29, 1.82) is 0 Å². The molecule has 0 aliphatic heterocycles. The van der Waals surface area contributed by atoms with Gasteiger partial charge in [-0.3, -0.25) is 4.79 Å². The van der Waals surface area contributed by atoms with Gasteiger partial charge in [0.1, 0.15) is 6.29 Å². The van der Waals surface area contributed by atoms with E-state index in [1.165, 1.54) is 0 Å². The molecule has 0 saturated carbocycles. The minimum atomic E-state index is 0.706. The van der Waals surface area contributed by atoms with Gasteiger partial charge in [-0.2, -0.15) is 5.10 Å². The summed E-state index contributed by atoms with van der Waals surface area (Å²) in [5.74, 6) is 0. The van der Waals surface area contributed by atoms with E-state index < -0.39 is 0 Å². The summed E-state index contributed by atoms with van der Waals surface area (Å²) in [4.78, 5) is 10.7. The lowest BCUT2D eigenvalue weighted by atomic mass is 10.1. The predicted octanol–water partition coefficient (Wildman–Crippen LogP) is 1.99. The van der Waals surface area contributed by atoms with Gasteiger partial charge in [0, 0.05) is 18.0 Å². The summed E-state index contributed by atoms with van der Waals surface area (Å²) in [5.41, 5.74) is 2.60. The van der Waals surface area contributed by atoms with Gasteiger partial charge >= 0.3 is 0 Å². The van der Waals surface area contributed by atoms with Crippen LogP contribution in [-0.2, 0) is 0 Å². The summed E-state index contributed by atoms with van der Waals surface area (Å²) in [6.45, 7) is 1.92. The third-order valence-corrected chi connectivity index (χ3v) is 2.23. The van der Waals surface area contributed by atoms with E-state index in [1.807, 2.05) is 31.3 Å². The predicted molar refractivity (Wildman–Crippen MR) is 53.7 cm³/mol. The van der Waals surface area contributed by atoms with Crippen LogP contribution in [0.4, 0.5) is 0 Å². The molecule has 0 aliphatic rings. The third kappa shape index (κ3) is 1.33. The summed E-state index contributed by atoms with van der Waals surface area (Å²) >= 11 is 0. The highest BCUT2D eigenvalue weighted by atomic mass is 16.1. The maximum Gasteiger partial charge on any atom is 0.150 e. The average Bonchev–Trinajstić information content (AvgIpc) is 2.71. The van der Waals surface area contributed by atoms with E-state index in [0.717, 1.165) is 17.5 Å². The van der Waals surface area contributed by atoms with Gasteiger partial charge in [0.15, 0.2) is 0 Å². The maximum atomic E-state index is 10.7. The molecule has 2 aromatic rings. The molecule has 0 atom stereocenters.